The zero-order valence-corrected chi connectivity index (χ0v) is 18.2. The maximum absolute atomic E-state index is 13.8. The summed E-state index contributed by atoms with van der Waals surface area (Å²) in [6.07, 6.45) is 2.95. The molecule has 0 bridgehead atoms. The predicted molar refractivity (Wildman–Crippen MR) is 112 cm³/mol. The number of ether oxygens (including phenoxy) is 2. The van der Waals surface area contributed by atoms with Gasteiger partial charge in [-0.1, -0.05) is 25.0 Å². The van der Waals surface area contributed by atoms with E-state index in [9.17, 15) is 14.0 Å². The first kappa shape index (κ1) is 22.2. The largest absolute Gasteiger partial charge is 0.457 e. The molecule has 1 aliphatic carbocycles. The van der Waals surface area contributed by atoms with Crippen molar-refractivity contribution in [1.82, 2.24) is 4.57 Å². The second kappa shape index (κ2) is 9.13. The van der Waals surface area contributed by atoms with Crippen LogP contribution in [0, 0.1) is 19.7 Å². The van der Waals surface area contributed by atoms with Crippen LogP contribution in [0.1, 0.15) is 66.0 Å². The van der Waals surface area contributed by atoms with Crippen LogP contribution in [-0.2, 0) is 19.7 Å². The first-order valence-corrected chi connectivity index (χ1v) is 10.4. The summed E-state index contributed by atoms with van der Waals surface area (Å²) in [4.78, 5) is 25.9. The number of rotatable bonds is 8. The molecule has 162 valence electrons. The maximum atomic E-state index is 13.8. The molecule has 5 nitrogen and oxygen atoms in total. The highest BCUT2D eigenvalue weighted by atomic mass is 19.1. The Morgan fingerprint density at radius 1 is 1.20 bits per heavy atom. The van der Waals surface area contributed by atoms with E-state index < -0.39 is 11.4 Å². The molecule has 3 rings (SSSR count). The fourth-order valence-electron chi connectivity index (χ4n) is 4.78. The molecular weight excluding hydrogens is 385 g/mol. The van der Waals surface area contributed by atoms with Crippen LogP contribution in [0.4, 0.5) is 4.39 Å². The van der Waals surface area contributed by atoms with Crippen LogP contribution in [0.2, 0.25) is 0 Å². The second-order valence-corrected chi connectivity index (χ2v) is 8.26. The van der Waals surface area contributed by atoms with Gasteiger partial charge in [-0.2, -0.15) is 0 Å². The Bertz CT molecular complexity index is 927. The van der Waals surface area contributed by atoms with Crippen molar-refractivity contribution in [2.45, 2.75) is 57.9 Å². The summed E-state index contributed by atoms with van der Waals surface area (Å²) in [6, 6.07) is 8.06. The van der Waals surface area contributed by atoms with Gasteiger partial charge in [0.05, 0.1) is 18.1 Å². The number of halogens is 1. The highest BCUT2D eigenvalue weighted by molar-refractivity contribution is 5.99. The monoisotopic (exact) mass is 415 g/mol. The standard InChI is InChI=1S/C24H30FNO4/c1-16-12-21(18(3)26(16)17(2)14-29-4)22(27)15-30-23(28)24(10-5-6-11-24)19-8-7-9-20(25)13-19/h7-9,12-13,17H,5-6,10-11,14-15H2,1-4H3/t17-/m0/s1. The number of ketones is 1. The van der Waals surface area contributed by atoms with E-state index in [4.69, 9.17) is 9.47 Å². The highest BCUT2D eigenvalue weighted by Crippen LogP contribution is 2.42. The summed E-state index contributed by atoms with van der Waals surface area (Å²) in [5.41, 5.74) is 2.10. The van der Waals surface area contributed by atoms with Crippen LogP contribution < -0.4 is 0 Å². The van der Waals surface area contributed by atoms with Gasteiger partial charge < -0.3 is 14.0 Å². The van der Waals surface area contributed by atoms with Gasteiger partial charge in [-0.25, -0.2) is 4.39 Å². The summed E-state index contributed by atoms with van der Waals surface area (Å²) < 4.78 is 26.6. The van der Waals surface area contributed by atoms with Crippen molar-refractivity contribution in [3.05, 3.63) is 58.7 Å². The molecule has 1 atom stereocenters. The number of carbonyl (C=O) groups is 2. The van der Waals surface area contributed by atoms with Crippen LogP contribution in [0.5, 0.6) is 0 Å². The molecule has 1 fully saturated rings. The summed E-state index contributed by atoms with van der Waals surface area (Å²) in [5, 5.41) is 0. The highest BCUT2D eigenvalue weighted by Gasteiger charge is 2.44. The van der Waals surface area contributed by atoms with Gasteiger partial charge in [0, 0.05) is 24.1 Å². The van der Waals surface area contributed by atoms with Crippen LogP contribution in [-0.4, -0.2) is 36.6 Å². The molecular formula is C24H30FNO4. The van der Waals surface area contributed by atoms with Crippen molar-refractivity contribution in [1.29, 1.82) is 0 Å². The van der Waals surface area contributed by atoms with E-state index in [1.54, 1.807) is 19.2 Å². The SMILES string of the molecule is COC[C@H](C)n1c(C)cc(C(=O)COC(=O)C2(c3cccc(F)c3)CCCC2)c1C. The molecule has 1 saturated carbocycles. The van der Waals surface area contributed by atoms with E-state index in [0.717, 1.165) is 24.2 Å². The Labute approximate surface area is 177 Å². The van der Waals surface area contributed by atoms with Crippen molar-refractivity contribution >= 4 is 11.8 Å². The van der Waals surface area contributed by atoms with Crippen LogP contribution in [0.25, 0.3) is 0 Å². The molecule has 1 heterocycles. The number of Topliss-reactive ketones (excluding diaryl/α,β-unsaturated/α-hetero) is 1. The molecule has 2 aromatic rings. The number of hydrogen-bond acceptors (Lipinski definition) is 4. The van der Waals surface area contributed by atoms with Gasteiger partial charge in [0.1, 0.15) is 5.82 Å². The average Bonchev–Trinajstić information content (AvgIpc) is 3.32. The molecule has 0 spiro atoms. The molecule has 0 amide bonds. The number of nitrogens with zero attached hydrogens (tertiary/aromatic N) is 1. The third-order valence-corrected chi connectivity index (χ3v) is 6.19. The number of hydrogen-bond donors (Lipinski definition) is 0. The fraction of sp³-hybridized carbons (Fsp3) is 0.500. The zero-order valence-electron chi connectivity index (χ0n) is 18.2. The lowest BCUT2D eigenvalue weighted by Gasteiger charge is -2.27. The fourth-order valence-corrected chi connectivity index (χ4v) is 4.78. The van der Waals surface area contributed by atoms with Crippen molar-refractivity contribution in [2.75, 3.05) is 20.3 Å². The number of aryl methyl sites for hydroxylation is 1. The van der Waals surface area contributed by atoms with E-state index in [0.29, 0.717) is 30.6 Å². The predicted octanol–water partition coefficient (Wildman–Crippen LogP) is 4.69. The molecule has 1 aromatic carbocycles. The maximum Gasteiger partial charge on any atom is 0.317 e. The topological polar surface area (TPSA) is 57.5 Å². The third kappa shape index (κ3) is 4.19. The third-order valence-electron chi connectivity index (χ3n) is 6.19. The van der Waals surface area contributed by atoms with E-state index in [-0.39, 0.29) is 24.2 Å². The summed E-state index contributed by atoms with van der Waals surface area (Å²) >= 11 is 0. The van der Waals surface area contributed by atoms with Crippen LogP contribution >= 0.6 is 0 Å². The molecule has 1 aliphatic rings. The molecule has 0 radical (unpaired) electrons. The molecule has 0 N–H and O–H groups in total. The second-order valence-electron chi connectivity index (χ2n) is 8.26. The number of benzene rings is 1. The normalized spacial score (nSPS) is 16.4. The van der Waals surface area contributed by atoms with Gasteiger partial charge in [0.25, 0.3) is 0 Å². The Balaban J connectivity index is 1.75. The first-order valence-electron chi connectivity index (χ1n) is 10.4. The van der Waals surface area contributed by atoms with E-state index in [1.165, 1.54) is 12.1 Å². The van der Waals surface area contributed by atoms with E-state index in [2.05, 4.69) is 4.57 Å². The molecule has 1 aromatic heterocycles. The minimum atomic E-state index is -0.869. The summed E-state index contributed by atoms with van der Waals surface area (Å²) in [6.45, 7) is 6.08. The summed E-state index contributed by atoms with van der Waals surface area (Å²) in [5.74, 6) is -1.06. The first-order chi connectivity index (χ1) is 14.3. The molecule has 0 saturated heterocycles. The van der Waals surface area contributed by atoms with Crippen molar-refractivity contribution in [2.24, 2.45) is 0 Å². The quantitative estimate of drug-likeness (QED) is 0.464. The van der Waals surface area contributed by atoms with Gasteiger partial charge in [-0.3, -0.25) is 9.59 Å². The lowest BCUT2D eigenvalue weighted by atomic mass is 9.79. The number of carbonyl (C=O) groups excluding carboxylic acids is 2. The van der Waals surface area contributed by atoms with Gasteiger partial charge >= 0.3 is 5.97 Å². The molecule has 30 heavy (non-hydrogen) atoms. The number of esters is 1. The number of methoxy groups -OCH3 is 1. The minimum Gasteiger partial charge on any atom is -0.457 e. The zero-order chi connectivity index (χ0) is 21.9. The summed E-state index contributed by atoms with van der Waals surface area (Å²) in [7, 11) is 1.65. The lowest BCUT2D eigenvalue weighted by molar-refractivity contribution is -0.149. The van der Waals surface area contributed by atoms with Crippen LogP contribution in [0.3, 0.4) is 0 Å². The smallest absolute Gasteiger partial charge is 0.317 e. The van der Waals surface area contributed by atoms with Crippen molar-refractivity contribution in [3.8, 4) is 0 Å². The Hall–Kier alpha value is -2.47. The van der Waals surface area contributed by atoms with Gasteiger partial charge in [0.15, 0.2) is 6.61 Å². The van der Waals surface area contributed by atoms with Gasteiger partial charge in [-0.05, 0) is 57.4 Å². The molecule has 0 unspecified atom stereocenters. The van der Waals surface area contributed by atoms with Gasteiger partial charge in [0.2, 0.25) is 5.78 Å². The Morgan fingerprint density at radius 3 is 2.53 bits per heavy atom. The molecule has 6 heteroatoms. The number of aromatic nitrogens is 1. The average molecular weight is 416 g/mol. The van der Waals surface area contributed by atoms with E-state index >= 15 is 0 Å². The van der Waals surface area contributed by atoms with Crippen molar-refractivity contribution in [3.63, 3.8) is 0 Å². The Morgan fingerprint density at radius 2 is 1.90 bits per heavy atom. The minimum absolute atomic E-state index is 0.0915. The van der Waals surface area contributed by atoms with E-state index in [1.807, 2.05) is 26.8 Å². The Kier molecular flexibility index (Phi) is 6.76. The van der Waals surface area contributed by atoms with Crippen LogP contribution in [0.15, 0.2) is 30.3 Å². The van der Waals surface area contributed by atoms with Crippen molar-refractivity contribution < 1.29 is 23.5 Å². The molecule has 0 aliphatic heterocycles. The lowest BCUT2D eigenvalue weighted by Crippen LogP contribution is -2.36. The van der Waals surface area contributed by atoms with Gasteiger partial charge in [-0.15, -0.1) is 0 Å².